The summed E-state index contributed by atoms with van der Waals surface area (Å²) in [6.07, 6.45) is 9.73. The maximum Gasteiger partial charge on any atom is 0.138 e. The molecule has 2 nitrogen and oxygen atoms in total. The lowest BCUT2D eigenvalue weighted by Crippen LogP contribution is -2.55. The van der Waals surface area contributed by atoms with E-state index in [0.29, 0.717) is 18.1 Å². The summed E-state index contributed by atoms with van der Waals surface area (Å²) in [5, 5.41) is 10.1. The molecule has 0 heterocycles. The molecule has 3 aliphatic rings. The van der Waals surface area contributed by atoms with Crippen LogP contribution in [0.5, 0.6) is 0 Å². The number of hydrogen-bond donors (Lipinski definition) is 1. The van der Waals surface area contributed by atoms with Gasteiger partial charge >= 0.3 is 0 Å². The van der Waals surface area contributed by atoms with E-state index in [-0.39, 0.29) is 22.9 Å². The third-order valence-corrected chi connectivity index (χ3v) is 6.84. The summed E-state index contributed by atoms with van der Waals surface area (Å²) in [5.41, 5.74) is 1.45. The Morgan fingerprint density at radius 2 is 2.00 bits per heavy atom. The summed E-state index contributed by atoms with van der Waals surface area (Å²) in [6.45, 7) is 6.95. The molecule has 3 atom stereocenters. The standard InChI is InChI=1S/C18H28O2/c1-16(2)13-7-11-18(12-19)9-5-4-6-14(18)17(13,3)10-8-15(16)20/h6,13,19H,4-5,7-12H2,1-3H3. The summed E-state index contributed by atoms with van der Waals surface area (Å²) in [4.78, 5) is 12.4. The number of allylic oxidation sites excluding steroid dienone is 1. The SMILES string of the molecule is CC1(C)C(=O)CCC2(C)C3=CCCCC3(CO)CCC12. The number of fused-ring (bicyclic) bond motifs is 3. The van der Waals surface area contributed by atoms with Crippen LogP contribution >= 0.6 is 0 Å². The van der Waals surface area contributed by atoms with Gasteiger partial charge in [-0.2, -0.15) is 0 Å². The number of rotatable bonds is 1. The highest BCUT2D eigenvalue weighted by Crippen LogP contribution is 2.65. The minimum atomic E-state index is -0.201. The van der Waals surface area contributed by atoms with Gasteiger partial charge in [0, 0.05) is 17.3 Å². The van der Waals surface area contributed by atoms with Gasteiger partial charge in [0.25, 0.3) is 0 Å². The molecular formula is C18H28O2. The third kappa shape index (κ3) is 1.70. The van der Waals surface area contributed by atoms with Gasteiger partial charge in [-0.05, 0) is 49.9 Å². The van der Waals surface area contributed by atoms with Crippen molar-refractivity contribution in [1.29, 1.82) is 0 Å². The number of carbonyl (C=O) groups excluding carboxylic acids is 1. The van der Waals surface area contributed by atoms with E-state index in [1.165, 1.54) is 12.0 Å². The van der Waals surface area contributed by atoms with E-state index in [2.05, 4.69) is 26.8 Å². The third-order valence-electron chi connectivity index (χ3n) is 6.84. The van der Waals surface area contributed by atoms with Crippen molar-refractivity contribution in [3.8, 4) is 0 Å². The summed E-state index contributed by atoms with van der Waals surface area (Å²) >= 11 is 0. The Morgan fingerprint density at radius 3 is 2.70 bits per heavy atom. The van der Waals surface area contributed by atoms with E-state index in [1.54, 1.807) is 0 Å². The van der Waals surface area contributed by atoms with Crippen molar-refractivity contribution in [2.45, 2.75) is 65.7 Å². The fraction of sp³-hybridized carbons (Fsp3) is 0.833. The number of ketones is 1. The van der Waals surface area contributed by atoms with Gasteiger partial charge in [-0.3, -0.25) is 4.79 Å². The summed E-state index contributed by atoms with van der Waals surface area (Å²) in [5.74, 6) is 0.883. The van der Waals surface area contributed by atoms with E-state index < -0.39 is 0 Å². The van der Waals surface area contributed by atoms with Crippen molar-refractivity contribution >= 4 is 5.78 Å². The minimum absolute atomic E-state index is 0.0277. The van der Waals surface area contributed by atoms with E-state index in [1.807, 2.05) is 0 Å². The smallest absolute Gasteiger partial charge is 0.138 e. The zero-order valence-corrected chi connectivity index (χ0v) is 13.2. The van der Waals surface area contributed by atoms with Gasteiger partial charge in [-0.1, -0.05) is 32.4 Å². The fourth-order valence-corrected chi connectivity index (χ4v) is 5.66. The zero-order chi connectivity index (χ0) is 14.6. The molecule has 0 aliphatic heterocycles. The Balaban J connectivity index is 2.07. The van der Waals surface area contributed by atoms with Crippen molar-refractivity contribution in [1.82, 2.24) is 0 Å². The topological polar surface area (TPSA) is 37.3 Å². The van der Waals surface area contributed by atoms with Crippen molar-refractivity contribution in [2.24, 2.45) is 22.2 Å². The Morgan fingerprint density at radius 1 is 1.25 bits per heavy atom. The van der Waals surface area contributed by atoms with Crippen molar-refractivity contribution < 1.29 is 9.90 Å². The molecule has 0 spiro atoms. The lowest BCUT2D eigenvalue weighted by atomic mass is 9.44. The molecule has 0 aromatic rings. The van der Waals surface area contributed by atoms with Crippen LogP contribution in [0.15, 0.2) is 11.6 Å². The summed E-state index contributed by atoms with van der Waals surface area (Å²) < 4.78 is 0. The summed E-state index contributed by atoms with van der Waals surface area (Å²) in [7, 11) is 0. The van der Waals surface area contributed by atoms with Crippen molar-refractivity contribution in [3.05, 3.63) is 11.6 Å². The molecule has 3 unspecified atom stereocenters. The molecule has 1 N–H and O–H groups in total. The summed E-state index contributed by atoms with van der Waals surface area (Å²) in [6, 6.07) is 0. The maximum atomic E-state index is 12.4. The first kappa shape index (κ1) is 14.3. The second-order valence-corrected chi connectivity index (χ2v) is 8.10. The van der Waals surface area contributed by atoms with Crippen LogP contribution in [0.4, 0.5) is 0 Å². The van der Waals surface area contributed by atoms with Gasteiger partial charge in [0.2, 0.25) is 0 Å². The fourth-order valence-electron chi connectivity index (χ4n) is 5.66. The van der Waals surface area contributed by atoms with Gasteiger partial charge in [0.1, 0.15) is 5.78 Å². The minimum Gasteiger partial charge on any atom is -0.395 e. The molecule has 2 fully saturated rings. The predicted molar refractivity (Wildman–Crippen MR) is 80.3 cm³/mol. The normalized spacial score (nSPS) is 43.5. The quantitative estimate of drug-likeness (QED) is 0.738. The number of carbonyl (C=O) groups is 1. The number of Topliss-reactive ketones (excluding diaryl/α,β-unsaturated/α-hetero) is 1. The largest absolute Gasteiger partial charge is 0.395 e. The van der Waals surface area contributed by atoms with Crippen LogP contribution in [0.2, 0.25) is 0 Å². The highest BCUT2D eigenvalue weighted by atomic mass is 16.3. The molecule has 2 saturated carbocycles. The van der Waals surface area contributed by atoms with Crippen LogP contribution in [-0.4, -0.2) is 17.5 Å². The molecule has 112 valence electrons. The Hall–Kier alpha value is -0.630. The first-order valence-electron chi connectivity index (χ1n) is 8.22. The van der Waals surface area contributed by atoms with Gasteiger partial charge in [-0.15, -0.1) is 0 Å². The second-order valence-electron chi connectivity index (χ2n) is 8.10. The predicted octanol–water partition coefficient (Wildman–Crippen LogP) is 3.88. The van der Waals surface area contributed by atoms with Crippen molar-refractivity contribution in [2.75, 3.05) is 6.61 Å². The molecule has 0 bridgehead atoms. The zero-order valence-electron chi connectivity index (χ0n) is 13.2. The number of aliphatic hydroxyl groups is 1. The molecule has 0 radical (unpaired) electrons. The maximum absolute atomic E-state index is 12.4. The average molecular weight is 276 g/mol. The van der Waals surface area contributed by atoms with E-state index in [4.69, 9.17) is 0 Å². The van der Waals surface area contributed by atoms with Crippen LogP contribution in [0, 0.1) is 22.2 Å². The van der Waals surface area contributed by atoms with E-state index in [0.717, 1.165) is 32.1 Å². The number of aliphatic hydroxyl groups excluding tert-OH is 1. The second kappa shape index (κ2) is 4.43. The first-order valence-corrected chi connectivity index (χ1v) is 8.22. The molecule has 0 aromatic carbocycles. The lowest BCUT2D eigenvalue weighted by molar-refractivity contribution is -0.142. The highest BCUT2D eigenvalue weighted by Gasteiger charge is 2.59. The van der Waals surface area contributed by atoms with Crippen molar-refractivity contribution in [3.63, 3.8) is 0 Å². The van der Waals surface area contributed by atoms with Gasteiger partial charge < -0.3 is 5.11 Å². The molecule has 0 aromatic heterocycles. The van der Waals surface area contributed by atoms with Crippen LogP contribution in [0.1, 0.15) is 65.7 Å². The molecule has 3 rings (SSSR count). The van der Waals surface area contributed by atoms with Crippen LogP contribution < -0.4 is 0 Å². The van der Waals surface area contributed by atoms with Gasteiger partial charge in [0.15, 0.2) is 0 Å². The monoisotopic (exact) mass is 276 g/mol. The van der Waals surface area contributed by atoms with Crippen LogP contribution in [0.3, 0.4) is 0 Å². The van der Waals surface area contributed by atoms with Crippen LogP contribution in [0.25, 0.3) is 0 Å². The average Bonchev–Trinajstić information content (AvgIpc) is 2.43. The Labute approximate surface area is 122 Å². The van der Waals surface area contributed by atoms with E-state index in [9.17, 15) is 9.90 Å². The Kier molecular flexibility index (Phi) is 3.17. The molecule has 3 aliphatic carbocycles. The van der Waals surface area contributed by atoms with Gasteiger partial charge in [0.05, 0.1) is 6.61 Å². The lowest BCUT2D eigenvalue weighted by Gasteiger charge is -2.60. The number of hydrogen-bond acceptors (Lipinski definition) is 2. The Bertz CT molecular complexity index is 462. The molecular weight excluding hydrogens is 248 g/mol. The highest BCUT2D eigenvalue weighted by molar-refractivity contribution is 5.85. The van der Waals surface area contributed by atoms with Gasteiger partial charge in [-0.25, -0.2) is 0 Å². The van der Waals surface area contributed by atoms with Crippen LogP contribution in [-0.2, 0) is 4.79 Å². The molecule has 2 heteroatoms. The molecule has 0 saturated heterocycles. The first-order chi connectivity index (χ1) is 9.37. The molecule has 0 amide bonds. The molecule has 20 heavy (non-hydrogen) atoms. The van der Waals surface area contributed by atoms with E-state index >= 15 is 0 Å².